The van der Waals surface area contributed by atoms with Crippen molar-refractivity contribution in [1.82, 2.24) is 9.55 Å². The van der Waals surface area contributed by atoms with Crippen molar-refractivity contribution < 1.29 is 14.9 Å². The van der Waals surface area contributed by atoms with Crippen LogP contribution < -0.4 is 11.2 Å². The van der Waals surface area contributed by atoms with Crippen LogP contribution >= 0.6 is 11.6 Å². The van der Waals surface area contributed by atoms with E-state index in [9.17, 15) is 19.8 Å². The molecule has 2 atom stereocenters. The van der Waals surface area contributed by atoms with Gasteiger partial charge in [0, 0.05) is 12.3 Å². The third kappa shape index (κ3) is 2.28. The van der Waals surface area contributed by atoms with Crippen molar-refractivity contribution in [3.63, 3.8) is 0 Å². The summed E-state index contributed by atoms with van der Waals surface area (Å²) in [4.78, 5) is 24.8. The minimum absolute atomic E-state index is 0.0806. The largest absolute Gasteiger partial charge is 0.465 e. The van der Waals surface area contributed by atoms with Crippen LogP contribution in [0.25, 0.3) is 5.88 Å². The first-order chi connectivity index (χ1) is 9.45. The van der Waals surface area contributed by atoms with Crippen LogP contribution in [0.2, 0.25) is 0 Å². The summed E-state index contributed by atoms with van der Waals surface area (Å²) >= 11 is 6.02. The lowest BCUT2D eigenvalue weighted by molar-refractivity contribution is -0.0757. The van der Waals surface area contributed by atoms with E-state index in [-0.39, 0.29) is 10.9 Å². The minimum atomic E-state index is -1.27. The third-order valence-corrected chi connectivity index (χ3v) is 3.59. The maximum absolute atomic E-state index is 11.7. The van der Waals surface area contributed by atoms with Gasteiger partial charge in [-0.25, -0.2) is 9.36 Å². The average molecular weight is 303 g/mol. The second-order valence-corrected chi connectivity index (χ2v) is 5.02. The number of hydrogen-bond acceptors (Lipinski definition) is 5. The number of aromatic amines is 1. The van der Waals surface area contributed by atoms with Crippen LogP contribution in [-0.4, -0.2) is 38.1 Å². The summed E-state index contributed by atoms with van der Waals surface area (Å²) in [5.74, 6) is -0.0806. The van der Waals surface area contributed by atoms with Gasteiger partial charge in [0.05, 0.1) is 6.61 Å². The molecule has 0 radical (unpaired) electrons. The highest BCUT2D eigenvalue weighted by molar-refractivity contribution is 6.32. The monoisotopic (exact) mass is 302 g/mol. The van der Waals surface area contributed by atoms with Crippen molar-refractivity contribution in [3.05, 3.63) is 38.1 Å². The molecule has 7 nitrogen and oxygen atoms in total. The Bertz CT molecular complexity index is 650. The van der Waals surface area contributed by atoms with Crippen molar-refractivity contribution in [1.29, 1.82) is 0 Å². The molecule has 0 saturated carbocycles. The molecular formula is C12H15ClN2O5. The average Bonchev–Trinajstić information content (AvgIpc) is 2.65. The zero-order valence-corrected chi connectivity index (χ0v) is 11.6. The Morgan fingerprint density at radius 3 is 2.80 bits per heavy atom. The minimum Gasteiger partial charge on any atom is -0.465 e. The van der Waals surface area contributed by atoms with Crippen molar-refractivity contribution in [2.24, 2.45) is 0 Å². The molecule has 2 rings (SSSR count). The molecular weight excluding hydrogens is 288 g/mol. The van der Waals surface area contributed by atoms with E-state index in [1.807, 2.05) is 6.92 Å². The molecule has 1 aromatic heterocycles. The standard InChI is InChI=1S/C12H15ClN2O5/c1-2-4-12(6-16)9(18)8(13)10(20-12)15-5-3-7(17)14-11(15)19/h3,5,9,16,18H,2,4,6H2,1H3,(H,14,17,19)/t9-,12+/m0/s1. The molecule has 0 fully saturated rings. The molecule has 8 heteroatoms. The summed E-state index contributed by atoms with van der Waals surface area (Å²) in [6, 6.07) is 1.13. The van der Waals surface area contributed by atoms with Gasteiger partial charge in [-0.2, -0.15) is 0 Å². The van der Waals surface area contributed by atoms with Crippen LogP contribution in [0.3, 0.4) is 0 Å². The fourth-order valence-electron chi connectivity index (χ4n) is 2.20. The zero-order chi connectivity index (χ0) is 14.9. The summed E-state index contributed by atoms with van der Waals surface area (Å²) in [6.07, 6.45) is 0.978. The van der Waals surface area contributed by atoms with E-state index in [0.29, 0.717) is 12.8 Å². The highest BCUT2D eigenvalue weighted by atomic mass is 35.5. The van der Waals surface area contributed by atoms with Crippen molar-refractivity contribution >= 4 is 17.5 Å². The predicted molar refractivity (Wildman–Crippen MR) is 72.2 cm³/mol. The van der Waals surface area contributed by atoms with Crippen LogP contribution in [-0.2, 0) is 4.74 Å². The maximum Gasteiger partial charge on any atom is 0.335 e. The maximum atomic E-state index is 11.7. The van der Waals surface area contributed by atoms with Gasteiger partial charge in [0.2, 0.25) is 5.88 Å². The quantitative estimate of drug-likeness (QED) is 0.716. The van der Waals surface area contributed by atoms with E-state index >= 15 is 0 Å². The Labute approximate surface area is 119 Å². The van der Waals surface area contributed by atoms with Gasteiger partial charge in [-0.1, -0.05) is 24.9 Å². The van der Waals surface area contributed by atoms with Crippen LogP contribution in [0, 0.1) is 0 Å². The first-order valence-corrected chi connectivity index (χ1v) is 6.53. The van der Waals surface area contributed by atoms with Gasteiger partial charge in [0.15, 0.2) is 5.60 Å². The molecule has 0 saturated heterocycles. The number of aliphatic hydroxyl groups excluding tert-OH is 2. The number of hydrogen-bond donors (Lipinski definition) is 3. The van der Waals surface area contributed by atoms with E-state index in [1.54, 1.807) is 0 Å². The number of aromatic nitrogens is 2. The number of halogens is 1. The topological polar surface area (TPSA) is 105 Å². The van der Waals surface area contributed by atoms with Gasteiger partial charge in [0.25, 0.3) is 5.56 Å². The molecule has 1 aromatic rings. The van der Waals surface area contributed by atoms with Gasteiger partial charge in [-0.15, -0.1) is 0 Å². The van der Waals surface area contributed by atoms with Gasteiger partial charge in [-0.05, 0) is 6.42 Å². The molecule has 3 N–H and O–H groups in total. The van der Waals surface area contributed by atoms with Crippen molar-refractivity contribution in [2.45, 2.75) is 31.5 Å². The fraction of sp³-hybridized carbons (Fsp3) is 0.500. The highest BCUT2D eigenvalue weighted by Crippen LogP contribution is 2.40. The van der Waals surface area contributed by atoms with E-state index < -0.39 is 29.6 Å². The lowest BCUT2D eigenvalue weighted by atomic mass is 9.93. The predicted octanol–water partition coefficient (Wildman–Crippen LogP) is -0.176. The summed E-state index contributed by atoms with van der Waals surface area (Å²) in [5.41, 5.74) is -2.55. The summed E-state index contributed by atoms with van der Waals surface area (Å²) in [6.45, 7) is 1.42. The molecule has 20 heavy (non-hydrogen) atoms. The molecule has 2 heterocycles. The van der Waals surface area contributed by atoms with Gasteiger partial charge in [0.1, 0.15) is 11.1 Å². The molecule has 0 bridgehead atoms. The van der Waals surface area contributed by atoms with E-state index in [1.165, 1.54) is 6.20 Å². The Hall–Kier alpha value is -1.57. The SMILES string of the molecule is CCC[C@]1(CO)OC(n2ccc(=O)[nH]c2=O)=C(Cl)[C@@H]1O. The van der Waals surface area contributed by atoms with Crippen molar-refractivity contribution in [2.75, 3.05) is 6.61 Å². The Morgan fingerprint density at radius 1 is 1.55 bits per heavy atom. The molecule has 0 unspecified atom stereocenters. The lowest BCUT2D eigenvalue weighted by Gasteiger charge is -2.30. The first-order valence-electron chi connectivity index (χ1n) is 6.15. The smallest absolute Gasteiger partial charge is 0.335 e. The van der Waals surface area contributed by atoms with Gasteiger partial charge >= 0.3 is 5.69 Å². The molecule has 110 valence electrons. The van der Waals surface area contributed by atoms with Crippen LogP contribution in [0.1, 0.15) is 19.8 Å². The number of rotatable bonds is 4. The molecule has 0 spiro atoms. The number of nitrogens with zero attached hydrogens (tertiary/aromatic N) is 1. The van der Waals surface area contributed by atoms with E-state index in [2.05, 4.69) is 4.98 Å². The van der Waals surface area contributed by atoms with Gasteiger partial charge < -0.3 is 14.9 Å². The van der Waals surface area contributed by atoms with Crippen LogP contribution in [0.4, 0.5) is 0 Å². The normalized spacial score (nSPS) is 25.9. The number of ether oxygens (including phenoxy) is 1. The zero-order valence-electron chi connectivity index (χ0n) is 10.8. The molecule has 0 amide bonds. The highest BCUT2D eigenvalue weighted by Gasteiger charge is 2.49. The Kier molecular flexibility index (Phi) is 4.03. The van der Waals surface area contributed by atoms with E-state index in [4.69, 9.17) is 16.3 Å². The Balaban J connectivity index is 2.48. The number of aliphatic hydroxyl groups is 2. The lowest BCUT2D eigenvalue weighted by Crippen LogP contribution is -2.44. The second-order valence-electron chi connectivity index (χ2n) is 4.61. The molecule has 0 aliphatic carbocycles. The summed E-state index contributed by atoms with van der Waals surface area (Å²) < 4.78 is 6.54. The second kappa shape index (κ2) is 5.43. The first kappa shape index (κ1) is 14.8. The van der Waals surface area contributed by atoms with Crippen LogP contribution in [0.5, 0.6) is 0 Å². The fourth-order valence-corrected chi connectivity index (χ4v) is 2.52. The third-order valence-electron chi connectivity index (χ3n) is 3.23. The van der Waals surface area contributed by atoms with Crippen LogP contribution in [0.15, 0.2) is 26.9 Å². The van der Waals surface area contributed by atoms with E-state index in [0.717, 1.165) is 10.6 Å². The number of H-pyrrole nitrogens is 1. The summed E-state index contributed by atoms with van der Waals surface area (Å²) in [5, 5.41) is 19.6. The molecule has 0 aromatic carbocycles. The molecule has 1 aliphatic heterocycles. The molecule has 1 aliphatic rings. The summed E-state index contributed by atoms with van der Waals surface area (Å²) in [7, 11) is 0. The Morgan fingerprint density at radius 2 is 2.25 bits per heavy atom. The van der Waals surface area contributed by atoms with Crippen molar-refractivity contribution in [3.8, 4) is 0 Å². The van der Waals surface area contributed by atoms with Gasteiger partial charge in [-0.3, -0.25) is 9.78 Å². The number of nitrogens with one attached hydrogen (secondary N) is 1.